The number of aromatic nitrogens is 2. The second-order valence-electron chi connectivity index (χ2n) is 10.5. The molecule has 6 rings (SSSR count). The summed E-state index contributed by atoms with van der Waals surface area (Å²) in [5, 5.41) is 3.63. The lowest BCUT2D eigenvalue weighted by Gasteiger charge is -2.30. The number of nitrogens with one attached hydrogen (secondary N) is 1. The predicted molar refractivity (Wildman–Crippen MR) is 137 cm³/mol. The van der Waals surface area contributed by atoms with E-state index in [1.165, 1.54) is 11.5 Å². The molecule has 1 spiro atoms. The van der Waals surface area contributed by atoms with Gasteiger partial charge in [-0.05, 0) is 31.0 Å². The second kappa shape index (κ2) is 8.49. The maximum atomic E-state index is 14.0. The fraction of sp³-hybridized carbons (Fsp3) is 0.393. The van der Waals surface area contributed by atoms with Crippen molar-refractivity contribution in [2.45, 2.75) is 64.1 Å². The Hall–Kier alpha value is -4.05. The van der Waals surface area contributed by atoms with Crippen molar-refractivity contribution in [3.8, 4) is 0 Å². The SMILES string of the molecule is CC(=O)O[C@H](c1nc2ccccc2c(=O)n1[C@@H]1C[C@]2(OC1=O)c1ccccc1N1C(=O)[C@H](C)N[C@@H]12)C(C)C. The van der Waals surface area contributed by atoms with Crippen LogP contribution in [0.15, 0.2) is 53.3 Å². The molecule has 1 N–H and O–H groups in total. The molecular formula is C28H28N4O6. The van der Waals surface area contributed by atoms with Gasteiger partial charge in [0.05, 0.1) is 22.6 Å². The number of carbonyl (C=O) groups excluding carboxylic acids is 3. The van der Waals surface area contributed by atoms with E-state index in [1.807, 2.05) is 38.1 Å². The molecule has 3 aliphatic heterocycles. The molecule has 5 atom stereocenters. The second-order valence-corrected chi connectivity index (χ2v) is 10.5. The summed E-state index contributed by atoms with van der Waals surface area (Å²) in [6.07, 6.45) is -1.39. The molecule has 1 amide bonds. The average Bonchev–Trinajstić information content (AvgIpc) is 3.47. The van der Waals surface area contributed by atoms with E-state index < -0.39 is 47.5 Å². The van der Waals surface area contributed by atoms with Gasteiger partial charge in [0.15, 0.2) is 17.5 Å². The summed E-state index contributed by atoms with van der Waals surface area (Å²) >= 11 is 0. The highest BCUT2D eigenvalue weighted by Gasteiger charge is 2.64. The van der Waals surface area contributed by atoms with E-state index in [9.17, 15) is 19.2 Å². The van der Waals surface area contributed by atoms with E-state index in [4.69, 9.17) is 14.5 Å². The first-order valence-electron chi connectivity index (χ1n) is 12.7. The van der Waals surface area contributed by atoms with Gasteiger partial charge in [-0.25, -0.2) is 9.78 Å². The Bertz CT molecular complexity index is 1560. The molecule has 196 valence electrons. The van der Waals surface area contributed by atoms with Gasteiger partial charge in [-0.15, -0.1) is 0 Å². The topological polar surface area (TPSA) is 120 Å². The Morgan fingerprint density at radius 3 is 2.58 bits per heavy atom. The van der Waals surface area contributed by atoms with Crippen LogP contribution in [0.2, 0.25) is 0 Å². The molecule has 0 unspecified atom stereocenters. The maximum absolute atomic E-state index is 14.0. The third-order valence-electron chi connectivity index (χ3n) is 7.69. The summed E-state index contributed by atoms with van der Waals surface area (Å²) in [6, 6.07) is 12.7. The quantitative estimate of drug-likeness (QED) is 0.526. The lowest BCUT2D eigenvalue weighted by molar-refractivity contribution is -0.152. The van der Waals surface area contributed by atoms with Crippen LogP contribution in [0.4, 0.5) is 5.69 Å². The zero-order valence-electron chi connectivity index (χ0n) is 21.5. The molecule has 3 aliphatic rings. The normalized spacial score (nSPS) is 26.7. The average molecular weight is 517 g/mol. The van der Waals surface area contributed by atoms with Crippen LogP contribution in [0.1, 0.15) is 57.6 Å². The number of anilines is 1. The van der Waals surface area contributed by atoms with Crippen LogP contribution >= 0.6 is 0 Å². The Labute approximate surface area is 218 Å². The Morgan fingerprint density at radius 2 is 1.84 bits per heavy atom. The molecule has 1 aromatic heterocycles. The van der Waals surface area contributed by atoms with Crippen molar-refractivity contribution in [3.05, 3.63) is 70.3 Å². The predicted octanol–water partition coefficient (Wildman–Crippen LogP) is 2.70. The summed E-state index contributed by atoms with van der Waals surface area (Å²) in [4.78, 5) is 59.1. The minimum absolute atomic E-state index is 0.0921. The fourth-order valence-electron chi connectivity index (χ4n) is 6.03. The standard InChI is InChI=1S/C28H28N4O6/c1-14(2)22(37-16(4)33)23-30-19-11-7-5-9-17(19)25(35)31(23)21-13-28(38-26(21)36)18-10-6-8-12-20(18)32-24(34)15(3)29-27(28)32/h5-12,14-15,21-22,27,29H,13H2,1-4H3/t15-,21+,22-,27-,28-/m0/s1. The lowest BCUT2D eigenvalue weighted by atomic mass is 9.88. The molecule has 3 aromatic rings. The Balaban J connectivity index is 1.55. The maximum Gasteiger partial charge on any atom is 0.330 e. The van der Waals surface area contributed by atoms with Crippen molar-refractivity contribution in [3.63, 3.8) is 0 Å². The third kappa shape index (κ3) is 3.32. The van der Waals surface area contributed by atoms with Gasteiger partial charge in [0, 0.05) is 18.9 Å². The first-order valence-corrected chi connectivity index (χ1v) is 12.7. The molecule has 2 aromatic carbocycles. The lowest BCUT2D eigenvalue weighted by Crippen LogP contribution is -2.49. The smallest absolute Gasteiger partial charge is 0.330 e. The highest BCUT2D eigenvalue weighted by molar-refractivity contribution is 6.03. The molecule has 0 aliphatic carbocycles. The summed E-state index contributed by atoms with van der Waals surface area (Å²) in [6.45, 7) is 6.78. The highest BCUT2D eigenvalue weighted by atomic mass is 16.6. The number of amides is 1. The minimum Gasteiger partial charge on any atom is -0.454 e. The van der Waals surface area contributed by atoms with Gasteiger partial charge in [0.2, 0.25) is 5.91 Å². The molecule has 10 nitrogen and oxygen atoms in total. The third-order valence-corrected chi connectivity index (χ3v) is 7.69. The molecule has 2 saturated heterocycles. The minimum atomic E-state index is -1.20. The monoisotopic (exact) mass is 516 g/mol. The zero-order valence-corrected chi connectivity index (χ0v) is 21.5. The molecular weight excluding hydrogens is 488 g/mol. The number of carbonyl (C=O) groups is 3. The summed E-state index contributed by atoms with van der Waals surface area (Å²) in [7, 11) is 0. The molecule has 10 heteroatoms. The van der Waals surface area contributed by atoms with E-state index in [-0.39, 0.29) is 24.1 Å². The number of hydrogen-bond acceptors (Lipinski definition) is 8. The van der Waals surface area contributed by atoms with Crippen molar-refractivity contribution in [2.24, 2.45) is 5.92 Å². The van der Waals surface area contributed by atoms with Crippen LogP contribution in [0.5, 0.6) is 0 Å². The van der Waals surface area contributed by atoms with Crippen LogP contribution in [0.25, 0.3) is 10.9 Å². The zero-order chi connectivity index (χ0) is 26.9. The van der Waals surface area contributed by atoms with Gasteiger partial charge >= 0.3 is 11.9 Å². The van der Waals surface area contributed by atoms with E-state index in [0.717, 1.165) is 0 Å². The van der Waals surface area contributed by atoms with Crippen molar-refractivity contribution in [2.75, 3.05) is 4.90 Å². The molecule has 38 heavy (non-hydrogen) atoms. The number of hydrogen-bond donors (Lipinski definition) is 1. The molecule has 0 bridgehead atoms. The fourth-order valence-corrected chi connectivity index (χ4v) is 6.03. The molecule has 0 radical (unpaired) electrons. The van der Waals surface area contributed by atoms with Crippen molar-refractivity contribution < 1.29 is 23.9 Å². The van der Waals surface area contributed by atoms with E-state index in [1.54, 1.807) is 36.1 Å². The largest absolute Gasteiger partial charge is 0.454 e. The first-order chi connectivity index (χ1) is 18.1. The Kier molecular flexibility index (Phi) is 5.43. The molecule has 2 fully saturated rings. The summed E-state index contributed by atoms with van der Waals surface area (Å²) in [5.41, 5.74) is 0.205. The van der Waals surface area contributed by atoms with Crippen molar-refractivity contribution in [1.82, 2.24) is 14.9 Å². The summed E-state index contributed by atoms with van der Waals surface area (Å²) in [5.74, 6) is -1.29. The number of para-hydroxylation sites is 2. The van der Waals surface area contributed by atoms with Gasteiger partial charge in [0.1, 0.15) is 12.2 Å². The number of ether oxygens (including phenoxy) is 2. The van der Waals surface area contributed by atoms with Crippen LogP contribution < -0.4 is 15.8 Å². The van der Waals surface area contributed by atoms with Gasteiger partial charge in [-0.3, -0.25) is 29.2 Å². The summed E-state index contributed by atoms with van der Waals surface area (Å²) < 4.78 is 13.1. The van der Waals surface area contributed by atoms with Gasteiger partial charge in [-0.1, -0.05) is 44.2 Å². The van der Waals surface area contributed by atoms with Crippen molar-refractivity contribution >= 4 is 34.4 Å². The van der Waals surface area contributed by atoms with E-state index in [0.29, 0.717) is 22.2 Å². The van der Waals surface area contributed by atoms with Crippen LogP contribution in [0, 0.1) is 5.92 Å². The number of benzene rings is 2. The van der Waals surface area contributed by atoms with Crippen LogP contribution in [-0.4, -0.2) is 39.6 Å². The van der Waals surface area contributed by atoms with Gasteiger partial charge in [0.25, 0.3) is 5.56 Å². The molecule has 4 heterocycles. The van der Waals surface area contributed by atoms with Gasteiger partial charge < -0.3 is 9.47 Å². The molecule has 0 saturated carbocycles. The Morgan fingerprint density at radius 1 is 1.13 bits per heavy atom. The van der Waals surface area contributed by atoms with E-state index in [2.05, 4.69) is 5.32 Å². The highest BCUT2D eigenvalue weighted by Crippen LogP contribution is 2.55. The van der Waals surface area contributed by atoms with Gasteiger partial charge in [-0.2, -0.15) is 0 Å². The number of nitrogens with zero attached hydrogens (tertiary/aromatic N) is 3. The van der Waals surface area contributed by atoms with Crippen molar-refractivity contribution in [1.29, 1.82) is 0 Å². The number of rotatable bonds is 4. The number of esters is 2. The van der Waals surface area contributed by atoms with Crippen LogP contribution in [-0.2, 0) is 29.5 Å². The number of fused-ring (bicyclic) bond motifs is 6. The van der Waals surface area contributed by atoms with E-state index >= 15 is 0 Å². The first kappa shape index (κ1) is 24.3. The van der Waals surface area contributed by atoms with Crippen LogP contribution in [0.3, 0.4) is 0 Å².